The zero-order chi connectivity index (χ0) is 11.5. The lowest BCUT2D eigenvalue weighted by molar-refractivity contribution is 0.285. The van der Waals surface area contributed by atoms with Crippen molar-refractivity contribution in [3.8, 4) is 0 Å². The van der Waals surface area contributed by atoms with Crippen LogP contribution >= 0.6 is 0 Å². The Morgan fingerprint density at radius 3 is 2.53 bits per heavy atom. The second kappa shape index (κ2) is 4.75. The van der Waals surface area contributed by atoms with Gasteiger partial charge in [-0.05, 0) is 30.0 Å². The van der Waals surface area contributed by atoms with Gasteiger partial charge in [0.25, 0.3) is 0 Å². The first kappa shape index (κ1) is 12.2. The van der Waals surface area contributed by atoms with Crippen molar-refractivity contribution >= 4 is 0 Å². The molecular weight excluding hydrogens is 189 g/mol. The summed E-state index contributed by atoms with van der Waals surface area (Å²) >= 11 is 0. The maximum Gasteiger partial charge on any atom is 0.123 e. The van der Waals surface area contributed by atoms with E-state index in [1.165, 1.54) is 6.07 Å². The van der Waals surface area contributed by atoms with Crippen molar-refractivity contribution in [3.63, 3.8) is 0 Å². The van der Waals surface area contributed by atoms with E-state index in [-0.39, 0.29) is 11.2 Å². The molecule has 0 aliphatic carbocycles. The SMILES string of the molecule is CC(NCc1cccc(F)c1)C(C)(C)C. The molecule has 0 saturated heterocycles. The molecule has 0 spiro atoms. The molecule has 1 aromatic carbocycles. The second-order valence-corrected chi connectivity index (χ2v) is 5.10. The first-order chi connectivity index (χ1) is 6.89. The summed E-state index contributed by atoms with van der Waals surface area (Å²) in [5.74, 6) is -0.169. The van der Waals surface area contributed by atoms with Crippen LogP contribution in [0.5, 0.6) is 0 Å². The van der Waals surface area contributed by atoms with Crippen LogP contribution in [-0.4, -0.2) is 6.04 Å². The van der Waals surface area contributed by atoms with Crippen LogP contribution in [0.2, 0.25) is 0 Å². The molecular formula is C13H20FN. The van der Waals surface area contributed by atoms with E-state index in [4.69, 9.17) is 0 Å². The van der Waals surface area contributed by atoms with E-state index in [9.17, 15) is 4.39 Å². The minimum absolute atomic E-state index is 0.169. The molecule has 1 aromatic rings. The van der Waals surface area contributed by atoms with Crippen LogP contribution in [0.25, 0.3) is 0 Å². The molecule has 0 aliphatic rings. The lowest BCUT2D eigenvalue weighted by Crippen LogP contribution is -2.37. The van der Waals surface area contributed by atoms with Crippen molar-refractivity contribution in [1.29, 1.82) is 0 Å². The van der Waals surface area contributed by atoms with Gasteiger partial charge in [0.15, 0.2) is 0 Å². The van der Waals surface area contributed by atoms with Gasteiger partial charge in [0.2, 0.25) is 0 Å². The lowest BCUT2D eigenvalue weighted by Gasteiger charge is -2.28. The summed E-state index contributed by atoms with van der Waals surface area (Å²) in [5.41, 5.74) is 1.22. The smallest absolute Gasteiger partial charge is 0.123 e. The van der Waals surface area contributed by atoms with E-state index in [1.54, 1.807) is 12.1 Å². The summed E-state index contributed by atoms with van der Waals surface area (Å²) in [6.45, 7) is 9.44. The fraction of sp³-hybridized carbons (Fsp3) is 0.538. The summed E-state index contributed by atoms with van der Waals surface area (Å²) in [4.78, 5) is 0. The summed E-state index contributed by atoms with van der Waals surface area (Å²) in [5, 5.41) is 3.40. The monoisotopic (exact) mass is 209 g/mol. The Balaban J connectivity index is 2.51. The average molecular weight is 209 g/mol. The molecule has 0 bridgehead atoms. The maximum atomic E-state index is 12.9. The van der Waals surface area contributed by atoms with Crippen LogP contribution in [0.15, 0.2) is 24.3 Å². The molecule has 84 valence electrons. The molecule has 1 N–H and O–H groups in total. The van der Waals surface area contributed by atoms with Crippen LogP contribution in [0, 0.1) is 11.2 Å². The first-order valence-electron chi connectivity index (χ1n) is 5.37. The number of nitrogens with one attached hydrogen (secondary N) is 1. The van der Waals surface area contributed by atoms with E-state index < -0.39 is 0 Å². The van der Waals surface area contributed by atoms with Crippen molar-refractivity contribution in [2.24, 2.45) is 5.41 Å². The number of benzene rings is 1. The second-order valence-electron chi connectivity index (χ2n) is 5.10. The van der Waals surface area contributed by atoms with Gasteiger partial charge >= 0.3 is 0 Å². The van der Waals surface area contributed by atoms with Gasteiger partial charge in [-0.1, -0.05) is 32.9 Å². The molecule has 0 saturated carbocycles. The lowest BCUT2D eigenvalue weighted by atomic mass is 9.88. The standard InChI is InChI=1S/C13H20FN/c1-10(13(2,3)4)15-9-11-6-5-7-12(14)8-11/h5-8,10,15H,9H2,1-4H3. The van der Waals surface area contributed by atoms with Crippen molar-refractivity contribution < 1.29 is 4.39 Å². The molecule has 15 heavy (non-hydrogen) atoms. The number of halogens is 1. The molecule has 0 aromatic heterocycles. The largest absolute Gasteiger partial charge is 0.310 e. The summed E-state index contributed by atoms with van der Waals surface area (Å²) in [6.07, 6.45) is 0. The van der Waals surface area contributed by atoms with Crippen LogP contribution < -0.4 is 5.32 Å². The molecule has 0 radical (unpaired) electrons. The Bertz CT molecular complexity index is 315. The summed E-state index contributed by atoms with van der Waals surface area (Å²) in [6, 6.07) is 7.12. The Hall–Kier alpha value is -0.890. The minimum atomic E-state index is -0.169. The van der Waals surface area contributed by atoms with E-state index in [2.05, 4.69) is 33.0 Å². The van der Waals surface area contributed by atoms with Gasteiger partial charge in [0, 0.05) is 12.6 Å². The minimum Gasteiger partial charge on any atom is -0.310 e. The van der Waals surface area contributed by atoms with Gasteiger partial charge < -0.3 is 5.32 Å². The van der Waals surface area contributed by atoms with Gasteiger partial charge in [-0.15, -0.1) is 0 Å². The van der Waals surface area contributed by atoms with Crippen LogP contribution in [0.3, 0.4) is 0 Å². The molecule has 0 amide bonds. The molecule has 0 aliphatic heterocycles. The Kier molecular flexibility index (Phi) is 3.86. The summed E-state index contributed by atoms with van der Waals surface area (Å²) in [7, 11) is 0. The van der Waals surface area contributed by atoms with E-state index in [0.717, 1.165) is 12.1 Å². The molecule has 0 heterocycles. The highest BCUT2D eigenvalue weighted by atomic mass is 19.1. The van der Waals surface area contributed by atoms with Crippen LogP contribution in [0.1, 0.15) is 33.3 Å². The van der Waals surface area contributed by atoms with Crippen LogP contribution in [-0.2, 0) is 6.54 Å². The number of hydrogen-bond acceptors (Lipinski definition) is 1. The predicted molar refractivity (Wildman–Crippen MR) is 62.2 cm³/mol. The number of hydrogen-bond donors (Lipinski definition) is 1. The summed E-state index contributed by atoms with van der Waals surface area (Å²) < 4.78 is 12.9. The highest BCUT2D eigenvalue weighted by molar-refractivity contribution is 5.16. The Labute approximate surface area is 91.7 Å². The van der Waals surface area contributed by atoms with Gasteiger partial charge in [0.05, 0.1) is 0 Å². The normalized spacial score (nSPS) is 13.9. The van der Waals surface area contributed by atoms with Crippen LogP contribution in [0.4, 0.5) is 4.39 Å². The van der Waals surface area contributed by atoms with Crippen molar-refractivity contribution in [2.45, 2.75) is 40.3 Å². The van der Waals surface area contributed by atoms with E-state index in [0.29, 0.717) is 6.04 Å². The third-order valence-corrected chi connectivity index (χ3v) is 2.80. The molecule has 2 heteroatoms. The number of rotatable bonds is 3. The Morgan fingerprint density at radius 1 is 1.33 bits per heavy atom. The maximum absolute atomic E-state index is 12.9. The zero-order valence-electron chi connectivity index (χ0n) is 9.97. The van der Waals surface area contributed by atoms with E-state index >= 15 is 0 Å². The van der Waals surface area contributed by atoms with Gasteiger partial charge in [-0.3, -0.25) is 0 Å². The quantitative estimate of drug-likeness (QED) is 0.805. The predicted octanol–water partition coefficient (Wildman–Crippen LogP) is 3.35. The van der Waals surface area contributed by atoms with Crippen molar-refractivity contribution in [3.05, 3.63) is 35.6 Å². The van der Waals surface area contributed by atoms with Gasteiger partial charge in [-0.25, -0.2) is 4.39 Å². The fourth-order valence-electron chi connectivity index (χ4n) is 1.22. The highest BCUT2D eigenvalue weighted by Gasteiger charge is 2.18. The van der Waals surface area contributed by atoms with Gasteiger partial charge in [0.1, 0.15) is 5.82 Å². The van der Waals surface area contributed by atoms with Crippen molar-refractivity contribution in [1.82, 2.24) is 5.32 Å². The molecule has 1 rings (SSSR count). The zero-order valence-corrected chi connectivity index (χ0v) is 9.97. The molecule has 1 unspecified atom stereocenters. The fourth-order valence-corrected chi connectivity index (χ4v) is 1.22. The third kappa shape index (κ3) is 4.00. The topological polar surface area (TPSA) is 12.0 Å². The molecule has 0 fully saturated rings. The molecule has 1 atom stereocenters. The average Bonchev–Trinajstić information content (AvgIpc) is 2.12. The third-order valence-electron chi connectivity index (χ3n) is 2.80. The molecule has 1 nitrogen and oxygen atoms in total. The Morgan fingerprint density at radius 2 is 2.00 bits per heavy atom. The van der Waals surface area contributed by atoms with Gasteiger partial charge in [-0.2, -0.15) is 0 Å². The van der Waals surface area contributed by atoms with Crippen molar-refractivity contribution in [2.75, 3.05) is 0 Å². The first-order valence-corrected chi connectivity index (χ1v) is 5.37. The highest BCUT2D eigenvalue weighted by Crippen LogP contribution is 2.18. The van der Waals surface area contributed by atoms with E-state index in [1.807, 2.05) is 6.07 Å².